The Morgan fingerprint density at radius 2 is 1.94 bits per heavy atom. The molecule has 9 heteroatoms. The molecule has 0 aliphatic carbocycles. The van der Waals surface area contributed by atoms with Crippen LogP contribution in [0.1, 0.15) is 44.6 Å². The van der Waals surface area contributed by atoms with Crippen molar-refractivity contribution in [3.63, 3.8) is 0 Å². The van der Waals surface area contributed by atoms with Crippen molar-refractivity contribution in [3.8, 4) is 11.5 Å². The first-order chi connectivity index (χ1) is 17.5. The third kappa shape index (κ3) is 6.26. The number of benzene rings is 2. The number of aromatic amines is 1. The van der Waals surface area contributed by atoms with E-state index in [9.17, 15) is 9.59 Å². The van der Waals surface area contributed by atoms with Crippen molar-refractivity contribution in [2.45, 2.75) is 52.5 Å². The van der Waals surface area contributed by atoms with Crippen molar-refractivity contribution in [1.82, 2.24) is 14.9 Å². The number of hydrogen-bond donors (Lipinski definition) is 2. The van der Waals surface area contributed by atoms with Gasteiger partial charge in [0.25, 0.3) is 5.56 Å². The van der Waals surface area contributed by atoms with Gasteiger partial charge in [0.1, 0.15) is 0 Å². The smallest absolute Gasteiger partial charge is 0.262 e. The minimum atomic E-state index is -0.142. The molecule has 2 aromatic carbocycles. The summed E-state index contributed by atoms with van der Waals surface area (Å²) in [5.74, 6) is 1.25. The number of aryl methyl sites for hydroxylation is 1. The Bertz CT molecular complexity index is 1330. The second-order valence-electron chi connectivity index (χ2n) is 9.07. The van der Waals surface area contributed by atoms with Gasteiger partial charge in [-0.1, -0.05) is 18.6 Å². The van der Waals surface area contributed by atoms with E-state index in [1.807, 2.05) is 0 Å². The summed E-state index contributed by atoms with van der Waals surface area (Å²) in [7, 11) is 0. The number of anilines is 1. The van der Waals surface area contributed by atoms with Crippen LogP contribution in [0.2, 0.25) is 0 Å². The van der Waals surface area contributed by atoms with E-state index in [0.29, 0.717) is 46.7 Å². The van der Waals surface area contributed by atoms with Crippen LogP contribution >= 0.6 is 12.2 Å². The van der Waals surface area contributed by atoms with Gasteiger partial charge in [0.15, 0.2) is 16.3 Å². The highest BCUT2D eigenvalue weighted by molar-refractivity contribution is 7.71. The third-order valence-corrected chi connectivity index (χ3v) is 6.76. The molecule has 192 valence electrons. The van der Waals surface area contributed by atoms with Gasteiger partial charge < -0.3 is 24.7 Å². The summed E-state index contributed by atoms with van der Waals surface area (Å²) in [5, 5.41) is 3.55. The van der Waals surface area contributed by atoms with Crippen LogP contribution in [-0.2, 0) is 11.3 Å². The number of H-pyrrole nitrogens is 1. The zero-order valence-electron chi connectivity index (χ0n) is 21.0. The fraction of sp³-hybridized carbons (Fsp3) is 0.444. The van der Waals surface area contributed by atoms with Gasteiger partial charge in [0.2, 0.25) is 12.7 Å². The predicted molar refractivity (Wildman–Crippen MR) is 145 cm³/mol. The zero-order chi connectivity index (χ0) is 25.5. The van der Waals surface area contributed by atoms with E-state index >= 15 is 0 Å². The van der Waals surface area contributed by atoms with Gasteiger partial charge in [-0.25, -0.2) is 0 Å². The number of carbonyl (C=O) groups excluding carboxylic acids is 1. The minimum Gasteiger partial charge on any atom is -0.454 e. The van der Waals surface area contributed by atoms with E-state index in [0.717, 1.165) is 38.8 Å². The molecule has 8 nitrogen and oxygen atoms in total. The summed E-state index contributed by atoms with van der Waals surface area (Å²) < 4.78 is 12.7. The number of nitrogens with one attached hydrogen (secondary N) is 2. The molecule has 1 aliphatic heterocycles. The van der Waals surface area contributed by atoms with Crippen molar-refractivity contribution < 1.29 is 14.3 Å². The molecular formula is C27H34N4O4S. The Morgan fingerprint density at radius 1 is 1.14 bits per heavy atom. The highest BCUT2D eigenvalue weighted by Crippen LogP contribution is 2.34. The molecule has 0 saturated carbocycles. The Labute approximate surface area is 216 Å². The molecule has 1 aromatic heterocycles. The Kier molecular flexibility index (Phi) is 8.64. The third-order valence-electron chi connectivity index (χ3n) is 6.44. The normalized spacial score (nSPS) is 12.2. The highest BCUT2D eigenvalue weighted by Gasteiger charge is 2.17. The lowest BCUT2D eigenvalue weighted by molar-refractivity contribution is -0.121. The number of amides is 1. The van der Waals surface area contributed by atoms with Crippen molar-refractivity contribution in [1.29, 1.82) is 0 Å². The number of fused-ring (bicyclic) bond motifs is 2. The molecule has 4 rings (SSSR count). The molecule has 1 aliphatic rings. The molecule has 2 heterocycles. The number of unbranched alkanes of at least 4 members (excludes halogenated alkanes) is 2. The van der Waals surface area contributed by atoms with Gasteiger partial charge in [0, 0.05) is 44.4 Å². The molecule has 0 atom stereocenters. The Balaban J connectivity index is 1.17. The van der Waals surface area contributed by atoms with Crippen LogP contribution in [-0.4, -0.2) is 41.9 Å². The molecular weight excluding hydrogens is 476 g/mol. The quantitative estimate of drug-likeness (QED) is 0.272. The average molecular weight is 511 g/mol. The van der Waals surface area contributed by atoms with Gasteiger partial charge in [-0.2, -0.15) is 0 Å². The van der Waals surface area contributed by atoms with Crippen LogP contribution < -0.4 is 25.2 Å². The van der Waals surface area contributed by atoms with Crippen LogP contribution in [0.4, 0.5) is 5.69 Å². The minimum absolute atomic E-state index is 0.0739. The first-order valence-electron chi connectivity index (χ1n) is 12.6. The summed E-state index contributed by atoms with van der Waals surface area (Å²) in [5.41, 5.74) is 2.97. The number of ether oxygens (including phenoxy) is 2. The number of aromatic nitrogens is 2. The summed E-state index contributed by atoms with van der Waals surface area (Å²) in [6, 6.07) is 11.9. The van der Waals surface area contributed by atoms with E-state index in [4.69, 9.17) is 21.7 Å². The first kappa shape index (κ1) is 25.8. The van der Waals surface area contributed by atoms with Gasteiger partial charge in [-0.05, 0) is 69.1 Å². The molecule has 2 N–H and O–H groups in total. The highest BCUT2D eigenvalue weighted by atomic mass is 32.1. The Morgan fingerprint density at radius 3 is 2.72 bits per heavy atom. The standard InChI is InChI=1S/C27H34N4O4S/c1-3-30(20-10-7-9-19(2)15-20)13-8-12-28-25(32)11-5-4-6-14-31-26(33)21-16-23-24(35-18-34-23)17-22(21)29-27(31)36/h7,9-10,15-17H,3-6,8,11-14,18H2,1-2H3,(H,28,32)(H,29,36). The van der Waals surface area contributed by atoms with Crippen molar-refractivity contribution >= 4 is 34.7 Å². The van der Waals surface area contributed by atoms with Crippen molar-refractivity contribution in [3.05, 3.63) is 57.1 Å². The van der Waals surface area contributed by atoms with Crippen LogP contribution in [0.3, 0.4) is 0 Å². The van der Waals surface area contributed by atoms with Gasteiger partial charge >= 0.3 is 0 Å². The van der Waals surface area contributed by atoms with Gasteiger partial charge in [0.05, 0.1) is 10.9 Å². The lowest BCUT2D eigenvalue weighted by Crippen LogP contribution is -2.29. The van der Waals surface area contributed by atoms with Crippen LogP contribution in [0.15, 0.2) is 41.2 Å². The molecule has 0 unspecified atom stereocenters. The summed E-state index contributed by atoms with van der Waals surface area (Å²) in [6.07, 6.45) is 3.76. The molecule has 0 bridgehead atoms. The van der Waals surface area contributed by atoms with Crippen molar-refractivity contribution in [2.75, 3.05) is 31.3 Å². The van der Waals surface area contributed by atoms with Crippen LogP contribution in [0, 0.1) is 11.7 Å². The maximum Gasteiger partial charge on any atom is 0.262 e. The summed E-state index contributed by atoms with van der Waals surface area (Å²) in [4.78, 5) is 30.6. The fourth-order valence-electron chi connectivity index (χ4n) is 4.46. The van der Waals surface area contributed by atoms with Crippen LogP contribution in [0.5, 0.6) is 11.5 Å². The van der Waals surface area contributed by atoms with Crippen molar-refractivity contribution in [2.24, 2.45) is 0 Å². The van der Waals surface area contributed by atoms with E-state index in [2.05, 4.69) is 53.3 Å². The number of carbonyl (C=O) groups is 1. The molecule has 1 amide bonds. The number of nitrogens with zero attached hydrogens (tertiary/aromatic N) is 2. The van der Waals surface area contributed by atoms with E-state index < -0.39 is 0 Å². The molecule has 0 saturated heterocycles. The van der Waals surface area contributed by atoms with Gasteiger partial charge in [-0.15, -0.1) is 0 Å². The molecule has 0 spiro atoms. The Hall–Kier alpha value is -3.33. The second-order valence-corrected chi connectivity index (χ2v) is 9.46. The molecule has 0 radical (unpaired) electrons. The van der Waals surface area contributed by atoms with E-state index in [1.165, 1.54) is 11.3 Å². The second kappa shape index (κ2) is 12.1. The summed E-state index contributed by atoms with van der Waals surface area (Å²) >= 11 is 5.41. The molecule has 36 heavy (non-hydrogen) atoms. The lowest BCUT2D eigenvalue weighted by atomic mass is 10.1. The number of rotatable bonds is 12. The van der Waals surface area contributed by atoms with Crippen LogP contribution in [0.25, 0.3) is 10.9 Å². The topological polar surface area (TPSA) is 88.6 Å². The average Bonchev–Trinajstić information content (AvgIpc) is 3.32. The molecule has 0 fully saturated rings. The number of hydrogen-bond acceptors (Lipinski definition) is 6. The van der Waals surface area contributed by atoms with E-state index in [-0.39, 0.29) is 18.3 Å². The largest absolute Gasteiger partial charge is 0.454 e. The predicted octanol–water partition coefficient (Wildman–Crippen LogP) is 4.69. The SMILES string of the molecule is CCN(CCCNC(=O)CCCCCn1c(=S)[nH]c2cc3c(cc2c1=O)OCO3)c1cccc(C)c1. The lowest BCUT2D eigenvalue weighted by Gasteiger charge is -2.23. The van der Waals surface area contributed by atoms with E-state index in [1.54, 1.807) is 16.7 Å². The maximum atomic E-state index is 13.0. The fourth-order valence-corrected chi connectivity index (χ4v) is 4.74. The maximum absolute atomic E-state index is 13.0. The monoisotopic (exact) mass is 510 g/mol. The molecule has 3 aromatic rings. The first-order valence-corrected chi connectivity index (χ1v) is 13.0. The summed E-state index contributed by atoms with van der Waals surface area (Å²) in [6.45, 7) is 7.41. The van der Waals surface area contributed by atoms with Gasteiger partial charge in [-0.3, -0.25) is 14.2 Å². The zero-order valence-corrected chi connectivity index (χ0v) is 21.8.